The van der Waals surface area contributed by atoms with Gasteiger partial charge in [0.1, 0.15) is 11.6 Å². The van der Waals surface area contributed by atoms with Crippen molar-refractivity contribution in [1.29, 1.82) is 0 Å². The molecule has 0 bridgehead atoms. The zero-order chi connectivity index (χ0) is 15.2. The van der Waals surface area contributed by atoms with E-state index in [1.165, 1.54) is 0 Å². The van der Waals surface area contributed by atoms with E-state index in [0.29, 0.717) is 18.8 Å². The second-order valence-electron chi connectivity index (χ2n) is 5.19. The highest BCUT2D eigenvalue weighted by molar-refractivity contribution is 5.89. The molecule has 0 saturated heterocycles. The highest BCUT2D eigenvalue weighted by atomic mass is 16.5. The third-order valence-corrected chi connectivity index (χ3v) is 2.98. The molecule has 0 aliphatic rings. The van der Waals surface area contributed by atoms with Gasteiger partial charge in [0, 0.05) is 6.20 Å². The normalized spacial score (nSPS) is 10.2. The van der Waals surface area contributed by atoms with Gasteiger partial charge >= 0.3 is 0 Å². The van der Waals surface area contributed by atoms with Crippen LogP contribution in [-0.2, 0) is 4.79 Å². The molecule has 1 amide bonds. The van der Waals surface area contributed by atoms with Gasteiger partial charge in [0.05, 0.1) is 13.0 Å². The van der Waals surface area contributed by atoms with Gasteiger partial charge in [-0.3, -0.25) is 4.79 Å². The van der Waals surface area contributed by atoms with Crippen molar-refractivity contribution in [3.63, 3.8) is 0 Å². The summed E-state index contributed by atoms with van der Waals surface area (Å²) in [5.74, 6) is 1.28. The Bertz CT molecular complexity index is 618. The number of carbonyl (C=O) groups is 1. The number of benzene rings is 1. The van der Waals surface area contributed by atoms with Crippen LogP contribution in [0.15, 0.2) is 36.5 Å². The fourth-order valence-electron chi connectivity index (χ4n) is 2.09. The Kier molecular flexibility index (Phi) is 4.93. The van der Waals surface area contributed by atoms with E-state index >= 15 is 0 Å². The number of hydrogen-bond acceptors (Lipinski definition) is 3. The van der Waals surface area contributed by atoms with Crippen molar-refractivity contribution < 1.29 is 9.53 Å². The lowest BCUT2D eigenvalue weighted by molar-refractivity contribution is -0.116. The maximum atomic E-state index is 11.8. The van der Waals surface area contributed by atoms with Gasteiger partial charge < -0.3 is 10.1 Å². The predicted molar refractivity (Wildman–Crippen MR) is 83.6 cm³/mol. The van der Waals surface area contributed by atoms with Crippen molar-refractivity contribution in [2.75, 3.05) is 11.9 Å². The maximum absolute atomic E-state index is 11.8. The molecule has 0 atom stereocenters. The SMILES string of the molecule is Cc1cc(C)cc(OCCC(=O)Nc2cc(C)ccn2)c1. The molecule has 1 aromatic carbocycles. The number of hydrogen-bond donors (Lipinski definition) is 1. The first-order valence-corrected chi connectivity index (χ1v) is 6.96. The number of pyridine rings is 1. The minimum atomic E-state index is -0.0996. The highest BCUT2D eigenvalue weighted by Crippen LogP contribution is 2.16. The molecule has 21 heavy (non-hydrogen) atoms. The number of nitrogens with zero attached hydrogens (tertiary/aromatic N) is 1. The molecule has 2 rings (SSSR count). The Morgan fingerprint density at radius 1 is 1.10 bits per heavy atom. The molecular formula is C17H20N2O2. The number of aromatic nitrogens is 1. The molecule has 1 heterocycles. The van der Waals surface area contributed by atoms with Crippen LogP contribution in [0.5, 0.6) is 5.75 Å². The van der Waals surface area contributed by atoms with E-state index in [-0.39, 0.29) is 5.91 Å². The first kappa shape index (κ1) is 15.0. The number of anilines is 1. The third kappa shape index (κ3) is 4.91. The Morgan fingerprint density at radius 3 is 2.48 bits per heavy atom. The Labute approximate surface area is 125 Å². The fraction of sp³-hybridized carbons (Fsp3) is 0.294. The van der Waals surface area contributed by atoms with Gasteiger partial charge in [0.25, 0.3) is 0 Å². The number of carbonyl (C=O) groups excluding carboxylic acids is 1. The Morgan fingerprint density at radius 2 is 1.81 bits per heavy atom. The van der Waals surface area contributed by atoms with Crippen LogP contribution in [0.1, 0.15) is 23.1 Å². The molecule has 0 aliphatic carbocycles. The zero-order valence-corrected chi connectivity index (χ0v) is 12.6. The van der Waals surface area contributed by atoms with E-state index in [0.717, 1.165) is 22.4 Å². The number of aryl methyl sites for hydroxylation is 3. The van der Waals surface area contributed by atoms with Crippen LogP contribution in [0, 0.1) is 20.8 Å². The van der Waals surface area contributed by atoms with Gasteiger partial charge in [-0.2, -0.15) is 0 Å². The summed E-state index contributed by atoms with van der Waals surface area (Å²) in [5, 5.41) is 2.76. The summed E-state index contributed by atoms with van der Waals surface area (Å²) in [6, 6.07) is 9.74. The number of nitrogens with one attached hydrogen (secondary N) is 1. The standard InChI is InChI=1S/C17H20N2O2/c1-12-4-6-18-16(11-12)19-17(20)5-7-21-15-9-13(2)8-14(3)10-15/h4,6,8-11H,5,7H2,1-3H3,(H,18,19,20). The molecule has 0 radical (unpaired) electrons. The lowest BCUT2D eigenvalue weighted by Crippen LogP contribution is -2.16. The summed E-state index contributed by atoms with van der Waals surface area (Å²) >= 11 is 0. The van der Waals surface area contributed by atoms with Crippen LogP contribution in [0.3, 0.4) is 0 Å². The molecule has 110 valence electrons. The number of amides is 1. The van der Waals surface area contributed by atoms with Crippen molar-refractivity contribution in [1.82, 2.24) is 4.98 Å². The van der Waals surface area contributed by atoms with E-state index in [9.17, 15) is 4.79 Å². The smallest absolute Gasteiger partial charge is 0.228 e. The maximum Gasteiger partial charge on any atom is 0.228 e. The summed E-state index contributed by atoms with van der Waals surface area (Å²) in [4.78, 5) is 15.9. The number of ether oxygens (including phenoxy) is 1. The molecule has 2 aromatic rings. The van der Waals surface area contributed by atoms with Gasteiger partial charge in [0.15, 0.2) is 0 Å². The Hall–Kier alpha value is -2.36. The van der Waals surface area contributed by atoms with Gasteiger partial charge in [0.2, 0.25) is 5.91 Å². The van der Waals surface area contributed by atoms with E-state index in [2.05, 4.69) is 16.4 Å². The molecule has 1 N–H and O–H groups in total. The predicted octanol–water partition coefficient (Wildman–Crippen LogP) is 3.41. The van der Waals surface area contributed by atoms with Gasteiger partial charge in [-0.05, 0) is 61.7 Å². The minimum absolute atomic E-state index is 0.0996. The largest absolute Gasteiger partial charge is 0.493 e. The van der Waals surface area contributed by atoms with E-state index in [1.54, 1.807) is 6.20 Å². The summed E-state index contributed by atoms with van der Waals surface area (Å²) in [6.45, 7) is 6.35. The van der Waals surface area contributed by atoms with E-state index in [4.69, 9.17) is 4.74 Å². The fourth-order valence-corrected chi connectivity index (χ4v) is 2.09. The van der Waals surface area contributed by atoms with Crippen molar-refractivity contribution >= 4 is 11.7 Å². The molecule has 0 aliphatic heterocycles. The molecule has 0 spiro atoms. The summed E-state index contributed by atoms with van der Waals surface area (Å²) < 4.78 is 5.62. The van der Waals surface area contributed by atoms with Crippen molar-refractivity contribution in [2.45, 2.75) is 27.2 Å². The van der Waals surface area contributed by atoms with E-state index in [1.807, 2.05) is 45.0 Å². The molecule has 0 unspecified atom stereocenters. The minimum Gasteiger partial charge on any atom is -0.493 e. The zero-order valence-electron chi connectivity index (χ0n) is 12.6. The van der Waals surface area contributed by atoms with Gasteiger partial charge in [-0.1, -0.05) is 6.07 Å². The molecule has 1 aromatic heterocycles. The van der Waals surface area contributed by atoms with E-state index < -0.39 is 0 Å². The molecule has 0 saturated carbocycles. The molecule has 0 fully saturated rings. The topological polar surface area (TPSA) is 51.2 Å². The second-order valence-corrected chi connectivity index (χ2v) is 5.19. The summed E-state index contributed by atoms with van der Waals surface area (Å²) in [6.07, 6.45) is 1.97. The lowest BCUT2D eigenvalue weighted by Gasteiger charge is -2.08. The first-order chi connectivity index (χ1) is 10.0. The van der Waals surface area contributed by atoms with Gasteiger partial charge in [-0.25, -0.2) is 4.98 Å². The van der Waals surface area contributed by atoms with Crippen LogP contribution in [0.4, 0.5) is 5.82 Å². The van der Waals surface area contributed by atoms with Crippen molar-refractivity contribution in [3.05, 3.63) is 53.2 Å². The number of rotatable bonds is 5. The third-order valence-electron chi connectivity index (χ3n) is 2.98. The molecule has 4 heteroatoms. The van der Waals surface area contributed by atoms with Crippen molar-refractivity contribution in [3.8, 4) is 5.75 Å². The lowest BCUT2D eigenvalue weighted by atomic mass is 10.1. The van der Waals surface area contributed by atoms with Crippen LogP contribution < -0.4 is 10.1 Å². The average molecular weight is 284 g/mol. The molecular weight excluding hydrogens is 264 g/mol. The van der Waals surface area contributed by atoms with Crippen molar-refractivity contribution in [2.24, 2.45) is 0 Å². The quantitative estimate of drug-likeness (QED) is 0.915. The summed E-state index contributed by atoms with van der Waals surface area (Å²) in [5.41, 5.74) is 3.36. The van der Waals surface area contributed by atoms with Crippen LogP contribution >= 0.6 is 0 Å². The monoisotopic (exact) mass is 284 g/mol. The molecule has 4 nitrogen and oxygen atoms in total. The Balaban J connectivity index is 1.81. The van der Waals surface area contributed by atoms with Crippen LogP contribution in [-0.4, -0.2) is 17.5 Å². The highest BCUT2D eigenvalue weighted by Gasteiger charge is 2.04. The first-order valence-electron chi connectivity index (χ1n) is 6.96. The summed E-state index contributed by atoms with van der Waals surface area (Å²) in [7, 11) is 0. The van der Waals surface area contributed by atoms with Gasteiger partial charge in [-0.15, -0.1) is 0 Å². The second kappa shape index (κ2) is 6.88. The average Bonchev–Trinajstić information content (AvgIpc) is 2.37. The van der Waals surface area contributed by atoms with Crippen LogP contribution in [0.2, 0.25) is 0 Å². The van der Waals surface area contributed by atoms with Crippen LogP contribution in [0.25, 0.3) is 0 Å².